The molecule has 4 nitrogen and oxygen atoms in total. The van der Waals surface area contributed by atoms with Gasteiger partial charge in [-0.3, -0.25) is 0 Å². The van der Waals surface area contributed by atoms with E-state index in [9.17, 15) is 0 Å². The third-order valence-electron chi connectivity index (χ3n) is 2.82. The largest absolute Gasteiger partial charge is 0.343 e. The normalized spacial score (nSPS) is 11.1. The lowest BCUT2D eigenvalue weighted by Crippen LogP contribution is -2.33. The van der Waals surface area contributed by atoms with Gasteiger partial charge in [-0.15, -0.1) is 0 Å². The van der Waals surface area contributed by atoms with Gasteiger partial charge in [0.05, 0.1) is 5.52 Å². The molecule has 4 heteroatoms. The van der Waals surface area contributed by atoms with Crippen LogP contribution < -0.4 is 10.2 Å². The average molecular weight is 244 g/mol. The molecule has 0 unspecified atom stereocenters. The van der Waals surface area contributed by atoms with Gasteiger partial charge in [0.2, 0.25) is 5.95 Å². The fourth-order valence-corrected chi connectivity index (χ4v) is 1.77. The number of hydrogen-bond acceptors (Lipinski definition) is 4. The molecule has 0 amide bonds. The summed E-state index contributed by atoms with van der Waals surface area (Å²) in [4.78, 5) is 11.0. The van der Waals surface area contributed by atoms with Crippen molar-refractivity contribution in [3.8, 4) is 0 Å². The lowest BCUT2D eigenvalue weighted by Gasteiger charge is -2.18. The van der Waals surface area contributed by atoms with E-state index in [0.717, 1.165) is 29.9 Å². The number of likely N-dealkylation sites (N-methyl/N-ethyl adjacent to an activating group) is 1. The minimum absolute atomic E-state index is 0.510. The summed E-state index contributed by atoms with van der Waals surface area (Å²) in [5.41, 5.74) is 0.992. The van der Waals surface area contributed by atoms with E-state index in [0.29, 0.717) is 6.04 Å². The number of aromatic nitrogens is 2. The van der Waals surface area contributed by atoms with Crippen molar-refractivity contribution in [2.24, 2.45) is 0 Å². The highest BCUT2D eigenvalue weighted by Gasteiger charge is 2.05. The van der Waals surface area contributed by atoms with Gasteiger partial charge in [0, 0.05) is 37.8 Å². The smallest absolute Gasteiger partial charge is 0.225 e. The second kappa shape index (κ2) is 5.78. The first-order valence-electron chi connectivity index (χ1n) is 6.33. The Morgan fingerprint density at radius 2 is 2.06 bits per heavy atom. The first-order valence-corrected chi connectivity index (χ1v) is 6.33. The van der Waals surface area contributed by atoms with Crippen molar-refractivity contribution < 1.29 is 0 Å². The van der Waals surface area contributed by atoms with Crippen LogP contribution in [0, 0.1) is 0 Å². The van der Waals surface area contributed by atoms with Crippen molar-refractivity contribution in [2.45, 2.75) is 19.9 Å². The molecular formula is C14H20N4. The quantitative estimate of drug-likeness (QED) is 0.874. The van der Waals surface area contributed by atoms with Crippen LogP contribution in [0.5, 0.6) is 0 Å². The molecule has 0 aliphatic carbocycles. The highest BCUT2D eigenvalue weighted by molar-refractivity contribution is 5.78. The molecule has 1 aromatic carbocycles. The summed E-state index contributed by atoms with van der Waals surface area (Å²) in [6.07, 6.45) is 1.88. The van der Waals surface area contributed by atoms with Gasteiger partial charge in [0.25, 0.3) is 0 Å². The molecule has 1 N–H and O–H groups in total. The highest BCUT2D eigenvalue weighted by atomic mass is 15.2. The van der Waals surface area contributed by atoms with E-state index < -0.39 is 0 Å². The topological polar surface area (TPSA) is 41.0 Å². The second-order valence-corrected chi connectivity index (χ2v) is 4.76. The maximum Gasteiger partial charge on any atom is 0.225 e. The van der Waals surface area contributed by atoms with Crippen LogP contribution in [0.2, 0.25) is 0 Å². The van der Waals surface area contributed by atoms with Gasteiger partial charge in [-0.25, -0.2) is 9.97 Å². The molecule has 0 aliphatic rings. The fourth-order valence-electron chi connectivity index (χ4n) is 1.77. The molecule has 2 rings (SSSR count). The number of nitrogens with one attached hydrogen (secondary N) is 1. The van der Waals surface area contributed by atoms with Crippen LogP contribution in [-0.2, 0) is 0 Å². The van der Waals surface area contributed by atoms with Crippen molar-refractivity contribution in [1.29, 1.82) is 0 Å². The molecule has 0 radical (unpaired) electrons. The maximum absolute atomic E-state index is 4.56. The molecule has 2 aromatic rings. The summed E-state index contributed by atoms with van der Waals surface area (Å²) >= 11 is 0. The van der Waals surface area contributed by atoms with E-state index in [1.807, 2.05) is 37.5 Å². The number of rotatable bonds is 5. The van der Waals surface area contributed by atoms with Crippen molar-refractivity contribution in [1.82, 2.24) is 15.3 Å². The summed E-state index contributed by atoms with van der Waals surface area (Å²) in [5, 5.41) is 4.46. The van der Waals surface area contributed by atoms with Gasteiger partial charge in [-0.1, -0.05) is 32.0 Å². The van der Waals surface area contributed by atoms with Gasteiger partial charge in [0.1, 0.15) is 0 Å². The Morgan fingerprint density at radius 3 is 2.83 bits per heavy atom. The third kappa shape index (κ3) is 3.17. The van der Waals surface area contributed by atoms with Crippen molar-refractivity contribution in [3.05, 3.63) is 30.5 Å². The first kappa shape index (κ1) is 12.8. The number of anilines is 1. The summed E-state index contributed by atoms with van der Waals surface area (Å²) in [7, 11) is 2.02. The number of nitrogens with zero attached hydrogens (tertiary/aromatic N) is 3. The van der Waals surface area contributed by atoms with Crippen LogP contribution in [0.4, 0.5) is 5.95 Å². The molecular weight excluding hydrogens is 224 g/mol. The molecule has 0 spiro atoms. The molecule has 0 bridgehead atoms. The SMILES string of the molecule is CC(C)NCCN(C)c1ncc2ccccc2n1. The molecule has 96 valence electrons. The highest BCUT2D eigenvalue weighted by Crippen LogP contribution is 2.13. The summed E-state index contributed by atoms with van der Waals surface area (Å²) in [6.45, 7) is 6.12. The zero-order valence-corrected chi connectivity index (χ0v) is 11.2. The maximum atomic E-state index is 4.56. The Labute approximate surface area is 108 Å². The molecule has 0 saturated carbocycles. The van der Waals surface area contributed by atoms with Gasteiger partial charge >= 0.3 is 0 Å². The number of para-hydroxylation sites is 1. The third-order valence-corrected chi connectivity index (χ3v) is 2.82. The van der Waals surface area contributed by atoms with E-state index in [-0.39, 0.29) is 0 Å². The zero-order chi connectivity index (χ0) is 13.0. The van der Waals surface area contributed by atoms with Crippen molar-refractivity contribution in [2.75, 3.05) is 25.0 Å². The molecule has 18 heavy (non-hydrogen) atoms. The Balaban J connectivity index is 2.06. The predicted molar refractivity (Wildman–Crippen MR) is 75.9 cm³/mol. The average Bonchev–Trinajstić information content (AvgIpc) is 2.37. The zero-order valence-electron chi connectivity index (χ0n) is 11.2. The minimum Gasteiger partial charge on any atom is -0.343 e. The predicted octanol–water partition coefficient (Wildman–Crippen LogP) is 2.06. The van der Waals surface area contributed by atoms with E-state index in [1.165, 1.54) is 0 Å². The number of hydrogen-bond donors (Lipinski definition) is 1. The Kier molecular flexibility index (Phi) is 4.10. The van der Waals surface area contributed by atoms with Crippen LogP contribution in [0.25, 0.3) is 10.9 Å². The first-order chi connectivity index (χ1) is 8.66. The molecule has 0 saturated heterocycles. The summed E-state index contributed by atoms with van der Waals surface area (Å²) in [6, 6.07) is 8.55. The van der Waals surface area contributed by atoms with Gasteiger partial charge in [0.15, 0.2) is 0 Å². The van der Waals surface area contributed by atoms with Gasteiger partial charge in [-0.2, -0.15) is 0 Å². The Bertz CT molecular complexity index is 510. The van der Waals surface area contributed by atoms with Crippen LogP contribution in [0.3, 0.4) is 0 Å². The lowest BCUT2D eigenvalue weighted by atomic mass is 10.2. The van der Waals surface area contributed by atoms with Crippen LogP contribution in [0.1, 0.15) is 13.8 Å². The van der Waals surface area contributed by atoms with Gasteiger partial charge < -0.3 is 10.2 Å². The molecule has 1 heterocycles. The standard InChI is InChI=1S/C14H20N4/c1-11(2)15-8-9-18(3)14-16-10-12-6-4-5-7-13(12)17-14/h4-7,10-11,15H,8-9H2,1-3H3. The monoisotopic (exact) mass is 244 g/mol. The van der Waals surface area contributed by atoms with Crippen molar-refractivity contribution >= 4 is 16.9 Å². The summed E-state index contributed by atoms with van der Waals surface area (Å²) < 4.78 is 0. The van der Waals surface area contributed by atoms with E-state index in [2.05, 4.69) is 34.0 Å². The number of benzene rings is 1. The van der Waals surface area contributed by atoms with E-state index in [1.54, 1.807) is 0 Å². The molecule has 0 aliphatic heterocycles. The minimum atomic E-state index is 0.510. The van der Waals surface area contributed by atoms with Crippen LogP contribution >= 0.6 is 0 Å². The lowest BCUT2D eigenvalue weighted by molar-refractivity contribution is 0.587. The van der Waals surface area contributed by atoms with E-state index >= 15 is 0 Å². The summed E-state index contributed by atoms with van der Waals surface area (Å²) in [5.74, 6) is 0.777. The molecule has 0 atom stereocenters. The van der Waals surface area contributed by atoms with Gasteiger partial charge in [-0.05, 0) is 6.07 Å². The van der Waals surface area contributed by atoms with Crippen molar-refractivity contribution in [3.63, 3.8) is 0 Å². The molecule has 0 fully saturated rings. The van der Waals surface area contributed by atoms with Crippen LogP contribution in [-0.4, -0.2) is 36.1 Å². The van der Waals surface area contributed by atoms with E-state index in [4.69, 9.17) is 0 Å². The van der Waals surface area contributed by atoms with Crippen LogP contribution in [0.15, 0.2) is 30.5 Å². The number of fused-ring (bicyclic) bond motifs is 1. The second-order valence-electron chi connectivity index (χ2n) is 4.76. The molecule has 1 aromatic heterocycles. The fraction of sp³-hybridized carbons (Fsp3) is 0.429. The Morgan fingerprint density at radius 1 is 1.28 bits per heavy atom. The Hall–Kier alpha value is -1.68.